The number of aromatic nitrogens is 3. The van der Waals surface area contributed by atoms with Crippen molar-refractivity contribution in [2.75, 3.05) is 11.5 Å². The van der Waals surface area contributed by atoms with Crippen molar-refractivity contribution in [3.8, 4) is 0 Å². The maximum Gasteiger partial charge on any atom is 0.192 e. The Morgan fingerprint density at radius 3 is 2.70 bits per heavy atom. The Hall–Kier alpha value is -2.00. The molecule has 1 aromatic heterocycles. The highest BCUT2D eigenvalue weighted by molar-refractivity contribution is 8.00. The zero-order valence-electron chi connectivity index (χ0n) is 14.8. The zero-order valence-corrected chi connectivity index (χ0v) is 16.5. The molecule has 27 heavy (non-hydrogen) atoms. The summed E-state index contributed by atoms with van der Waals surface area (Å²) in [5.74, 6) is 0.101. The minimum absolute atomic E-state index is 0.0665. The summed E-state index contributed by atoms with van der Waals surface area (Å²) in [6, 6.07) is 5.42. The molecule has 3 rings (SSSR count). The Bertz CT molecular complexity index is 955. The number of allylic oxidation sites excluding steroid dienone is 1. The third kappa shape index (κ3) is 4.47. The number of halogens is 1. The minimum Gasteiger partial charge on any atom is -0.302 e. The van der Waals surface area contributed by atoms with E-state index in [-0.39, 0.29) is 23.2 Å². The van der Waals surface area contributed by atoms with Gasteiger partial charge >= 0.3 is 0 Å². The van der Waals surface area contributed by atoms with Gasteiger partial charge in [-0.15, -0.1) is 16.8 Å². The van der Waals surface area contributed by atoms with Crippen LogP contribution < -0.4 is 0 Å². The van der Waals surface area contributed by atoms with Crippen LogP contribution in [0.2, 0.25) is 0 Å². The number of sulfone groups is 1. The van der Waals surface area contributed by atoms with E-state index < -0.39 is 20.9 Å². The monoisotopic (exact) mass is 409 g/mol. The van der Waals surface area contributed by atoms with E-state index >= 15 is 0 Å². The normalized spacial score (nSPS) is 19.7. The van der Waals surface area contributed by atoms with Gasteiger partial charge in [-0.1, -0.05) is 17.8 Å². The lowest BCUT2D eigenvalue weighted by molar-refractivity contribution is 0.0993. The van der Waals surface area contributed by atoms with Gasteiger partial charge in [0.2, 0.25) is 0 Å². The van der Waals surface area contributed by atoms with E-state index in [1.165, 1.54) is 36.0 Å². The molecule has 144 valence electrons. The van der Waals surface area contributed by atoms with E-state index in [9.17, 15) is 17.6 Å². The Balaban J connectivity index is 1.81. The summed E-state index contributed by atoms with van der Waals surface area (Å²) in [6.07, 6.45) is 2.21. The van der Waals surface area contributed by atoms with E-state index in [1.54, 1.807) is 13.0 Å². The first-order valence-corrected chi connectivity index (χ1v) is 11.2. The summed E-state index contributed by atoms with van der Waals surface area (Å²) in [6.45, 7) is 5.92. The molecule has 1 saturated heterocycles. The molecule has 0 saturated carbocycles. The maximum atomic E-state index is 13.1. The number of carbonyl (C=O) groups excluding carboxylic acids is 1. The molecule has 6 nitrogen and oxygen atoms in total. The summed E-state index contributed by atoms with van der Waals surface area (Å²) in [7, 11) is -3.04. The van der Waals surface area contributed by atoms with Gasteiger partial charge in [-0.2, -0.15) is 0 Å². The summed E-state index contributed by atoms with van der Waals surface area (Å²) in [4.78, 5) is 12.6. The largest absolute Gasteiger partial charge is 0.302 e. The third-order valence-corrected chi connectivity index (χ3v) is 7.28. The molecule has 1 aliphatic rings. The Labute approximate surface area is 161 Å². The lowest BCUT2D eigenvalue weighted by atomic mass is 10.1. The van der Waals surface area contributed by atoms with Crippen LogP contribution in [0.3, 0.4) is 0 Å². The third-order valence-electron chi connectivity index (χ3n) is 4.43. The Morgan fingerprint density at radius 2 is 2.11 bits per heavy atom. The minimum atomic E-state index is -3.04. The van der Waals surface area contributed by atoms with E-state index in [4.69, 9.17) is 0 Å². The van der Waals surface area contributed by atoms with Crippen LogP contribution in [0.5, 0.6) is 0 Å². The van der Waals surface area contributed by atoms with Crippen LogP contribution in [0.15, 0.2) is 42.1 Å². The van der Waals surface area contributed by atoms with Crippen LogP contribution >= 0.6 is 11.8 Å². The highest BCUT2D eigenvalue weighted by Crippen LogP contribution is 2.32. The number of carbonyl (C=O) groups is 1. The molecule has 0 bridgehead atoms. The van der Waals surface area contributed by atoms with Crippen molar-refractivity contribution >= 4 is 27.4 Å². The van der Waals surface area contributed by atoms with E-state index in [0.29, 0.717) is 29.5 Å². The topological polar surface area (TPSA) is 81.9 Å². The van der Waals surface area contributed by atoms with Gasteiger partial charge in [0.25, 0.3) is 0 Å². The van der Waals surface area contributed by atoms with Gasteiger partial charge in [0.1, 0.15) is 11.6 Å². The van der Waals surface area contributed by atoms with Crippen molar-refractivity contribution in [3.05, 3.63) is 54.1 Å². The fourth-order valence-electron chi connectivity index (χ4n) is 3.05. The average Bonchev–Trinajstić information content (AvgIpc) is 3.18. The van der Waals surface area contributed by atoms with Crippen molar-refractivity contribution < 1.29 is 17.6 Å². The second kappa shape index (κ2) is 7.93. The standard InChI is InChI=1S/C18H20FN3O3S2/c1-3-9-22-17(14-8-10-27(24,25)11-14)20-21-18(22)26-12(2)16(23)13-4-6-15(19)7-5-13/h3-7,12,14H,1,8-11H2,2H3/t12-,14-/m0/s1. The number of benzene rings is 1. The van der Waals surface area contributed by atoms with Crippen molar-refractivity contribution in [1.29, 1.82) is 0 Å². The van der Waals surface area contributed by atoms with Gasteiger partial charge in [-0.25, -0.2) is 12.8 Å². The van der Waals surface area contributed by atoms with E-state index in [2.05, 4.69) is 16.8 Å². The summed E-state index contributed by atoms with van der Waals surface area (Å²) < 4.78 is 38.4. The average molecular weight is 410 g/mol. The quantitative estimate of drug-likeness (QED) is 0.397. The first-order valence-electron chi connectivity index (χ1n) is 8.51. The van der Waals surface area contributed by atoms with E-state index in [0.717, 1.165) is 0 Å². The Morgan fingerprint density at radius 1 is 1.41 bits per heavy atom. The first kappa shape index (κ1) is 19.8. The molecule has 2 heterocycles. The van der Waals surface area contributed by atoms with Gasteiger partial charge < -0.3 is 4.57 Å². The highest BCUT2D eigenvalue weighted by atomic mass is 32.2. The first-order chi connectivity index (χ1) is 12.8. The molecule has 2 aromatic rings. The molecule has 0 spiro atoms. The SMILES string of the molecule is C=CCn1c(S[C@@H](C)C(=O)c2ccc(F)cc2)nnc1[C@H]1CCS(=O)(=O)C1. The van der Waals surface area contributed by atoms with Crippen LogP contribution in [0.1, 0.15) is 35.4 Å². The van der Waals surface area contributed by atoms with Gasteiger partial charge in [0.15, 0.2) is 20.8 Å². The number of nitrogens with zero attached hydrogens (tertiary/aromatic N) is 3. The molecule has 0 N–H and O–H groups in total. The zero-order chi connectivity index (χ0) is 19.6. The molecule has 2 atom stereocenters. The van der Waals surface area contributed by atoms with Crippen molar-refractivity contribution in [2.24, 2.45) is 0 Å². The summed E-state index contributed by atoms with van der Waals surface area (Å²) >= 11 is 1.25. The summed E-state index contributed by atoms with van der Waals surface area (Å²) in [5, 5.41) is 8.46. The fraction of sp³-hybridized carbons (Fsp3) is 0.389. The summed E-state index contributed by atoms with van der Waals surface area (Å²) in [5.41, 5.74) is 0.424. The van der Waals surface area contributed by atoms with Gasteiger partial charge in [-0.3, -0.25) is 4.79 Å². The smallest absolute Gasteiger partial charge is 0.192 e. The number of hydrogen-bond donors (Lipinski definition) is 0. The Kier molecular flexibility index (Phi) is 5.81. The predicted octanol–water partition coefficient (Wildman–Crippen LogP) is 2.87. The highest BCUT2D eigenvalue weighted by Gasteiger charge is 2.33. The van der Waals surface area contributed by atoms with Crippen LogP contribution in [0.4, 0.5) is 4.39 Å². The number of Topliss-reactive ketones (excluding diaryl/α,β-unsaturated/α-hetero) is 1. The van der Waals surface area contributed by atoms with Crippen molar-refractivity contribution in [3.63, 3.8) is 0 Å². The van der Waals surface area contributed by atoms with Gasteiger partial charge in [0, 0.05) is 18.0 Å². The fourth-order valence-corrected chi connectivity index (χ4v) is 5.73. The van der Waals surface area contributed by atoms with Crippen molar-refractivity contribution in [1.82, 2.24) is 14.8 Å². The molecular formula is C18H20FN3O3S2. The second-order valence-corrected chi connectivity index (χ2v) is 10.0. The number of hydrogen-bond acceptors (Lipinski definition) is 6. The van der Waals surface area contributed by atoms with E-state index in [1.807, 2.05) is 4.57 Å². The van der Waals surface area contributed by atoms with Crippen LogP contribution in [0, 0.1) is 5.82 Å². The molecule has 0 aliphatic carbocycles. The van der Waals surface area contributed by atoms with Gasteiger partial charge in [-0.05, 0) is 37.6 Å². The number of ketones is 1. The number of thioether (sulfide) groups is 1. The molecule has 9 heteroatoms. The van der Waals surface area contributed by atoms with Crippen LogP contribution in [0.25, 0.3) is 0 Å². The molecular weight excluding hydrogens is 389 g/mol. The molecule has 1 aliphatic heterocycles. The lowest BCUT2D eigenvalue weighted by Gasteiger charge is -2.13. The molecule has 0 unspecified atom stereocenters. The van der Waals surface area contributed by atoms with Crippen LogP contribution in [-0.2, 0) is 16.4 Å². The molecule has 1 fully saturated rings. The van der Waals surface area contributed by atoms with Crippen molar-refractivity contribution in [2.45, 2.75) is 36.2 Å². The molecule has 1 aromatic carbocycles. The molecule has 0 amide bonds. The predicted molar refractivity (Wildman–Crippen MR) is 102 cm³/mol. The molecule has 0 radical (unpaired) electrons. The van der Waals surface area contributed by atoms with Gasteiger partial charge in [0.05, 0.1) is 16.8 Å². The lowest BCUT2D eigenvalue weighted by Crippen LogP contribution is -2.16. The maximum absolute atomic E-state index is 13.1. The number of rotatable bonds is 7. The second-order valence-electron chi connectivity index (χ2n) is 6.47. The van der Waals surface area contributed by atoms with Crippen LogP contribution in [-0.4, -0.2) is 45.7 Å².